The number of piperidine rings is 1. The van der Waals surface area contributed by atoms with Gasteiger partial charge in [-0.1, -0.05) is 26.0 Å². The lowest BCUT2D eigenvalue weighted by atomic mass is 9.92. The van der Waals surface area contributed by atoms with Crippen LogP contribution in [0.2, 0.25) is 0 Å². The number of sulfonamides is 1. The van der Waals surface area contributed by atoms with E-state index in [0.717, 1.165) is 24.6 Å². The van der Waals surface area contributed by atoms with Crippen LogP contribution in [0.15, 0.2) is 34.2 Å². The molecule has 26 heavy (non-hydrogen) atoms. The summed E-state index contributed by atoms with van der Waals surface area (Å²) in [6, 6.07) is 7.00. The fraction of sp³-hybridized carbons (Fsp3) is 0.611. The highest BCUT2D eigenvalue weighted by Crippen LogP contribution is 2.21. The molecule has 1 heterocycles. The Balaban J connectivity index is 0.00000338. The maximum absolute atomic E-state index is 12.1. The van der Waals surface area contributed by atoms with Gasteiger partial charge in [-0.3, -0.25) is 4.99 Å². The van der Waals surface area contributed by atoms with Crippen LogP contribution in [0.5, 0.6) is 0 Å². The summed E-state index contributed by atoms with van der Waals surface area (Å²) in [7, 11) is 1.50. The number of rotatable bonds is 4. The summed E-state index contributed by atoms with van der Waals surface area (Å²) in [5, 5.41) is 3.39. The van der Waals surface area contributed by atoms with Gasteiger partial charge in [0.2, 0.25) is 10.0 Å². The predicted octanol–water partition coefficient (Wildman–Crippen LogP) is 2.61. The van der Waals surface area contributed by atoms with Crippen molar-refractivity contribution in [3.05, 3.63) is 29.8 Å². The highest BCUT2D eigenvalue weighted by atomic mass is 127. The number of halogens is 1. The van der Waals surface area contributed by atoms with Gasteiger partial charge in [0.25, 0.3) is 0 Å². The first-order valence-electron chi connectivity index (χ1n) is 8.71. The van der Waals surface area contributed by atoms with Gasteiger partial charge in [-0.15, -0.1) is 24.0 Å². The third-order valence-corrected chi connectivity index (χ3v) is 6.36. The van der Waals surface area contributed by atoms with E-state index in [4.69, 9.17) is 0 Å². The van der Waals surface area contributed by atoms with E-state index in [1.807, 2.05) is 12.1 Å². The molecule has 6 nitrogen and oxygen atoms in total. The summed E-state index contributed by atoms with van der Waals surface area (Å²) in [6.45, 7) is 7.21. The van der Waals surface area contributed by atoms with Gasteiger partial charge in [0.15, 0.2) is 5.96 Å². The Morgan fingerprint density at radius 2 is 1.73 bits per heavy atom. The molecule has 0 bridgehead atoms. The zero-order valence-electron chi connectivity index (χ0n) is 16.3. The third kappa shape index (κ3) is 5.82. The maximum atomic E-state index is 12.1. The van der Waals surface area contributed by atoms with Gasteiger partial charge in [-0.25, -0.2) is 12.7 Å². The lowest BCUT2D eigenvalue weighted by molar-refractivity contribution is 0.208. The first kappa shape index (κ1) is 23.2. The standard InChI is InChI=1S/C18H30N4O2S.HI/c1-14-10-15(2)13-22(12-14)18(19-3)20-11-16-6-8-17(9-7-16)25(23,24)21(4)5;/h6-9,14-15H,10-13H2,1-5H3,(H,19,20);1H. The normalized spacial score (nSPS) is 21.5. The van der Waals surface area contributed by atoms with Gasteiger partial charge < -0.3 is 10.2 Å². The number of nitrogens with zero attached hydrogens (tertiary/aromatic N) is 3. The molecule has 1 fully saturated rings. The number of hydrogen-bond donors (Lipinski definition) is 1. The van der Waals surface area contributed by atoms with Gasteiger partial charge in [0.1, 0.15) is 0 Å². The van der Waals surface area contributed by atoms with Crippen LogP contribution < -0.4 is 5.32 Å². The minimum atomic E-state index is -3.38. The molecule has 0 spiro atoms. The number of hydrogen-bond acceptors (Lipinski definition) is 3. The Kier molecular flexibility index (Phi) is 8.81. The number of guanidine groups is 1. The lowest BCUT2D eigenvalue weighted by Crippen LogP contribution is -2.48. The van der Waals surface area contributed by atoms with Crippen molar-refractivity contribution < 1.29 is 8.42 Å². The number of aliphatic imine (C=N–C) groups is 1. The Morgan fingerprint density at radius 1 is 1.19 bits per heavy atom. The molecule has 0 radical (unpaired) electrons. The fourth-order valence-electron chi connectivity index (χ4n) is 3.34. The van der Waals surface area contributed by atoms with Crippen molar-refractivity contribution in [3.63, 3.8) is 0 Å². The second-order valence-corrected chi connectivity index (χ2v) is 9.34. The summed E-state index contributed by atoms with van der Waals surface area (Å²) in [4.78, 5) is 7.02. The van der Waals surface area contributed by atoms with E-state index < -0.39 is 10.0 Å². The van der Waals surface area contributed by atoms with Gasteiger partial charge in [-0.05, 0) is 36.0 Å². The van der Waals surface area contributed by atoms with Crippen molar-refractivity contribution in [3.8, 4) is 0 Å². The third-order valence-electron chi connectivity index (χ3n) is 4.53. The Hall–Kier alpha value is -0.870. The molecule has 1 aromatic rings. The maximum Gasteiger partial charge on any atom is 0.242 e. The average Bonchev–Trinajstić information content (AvgIpc) is 2.55. The molecule has 0 aromatic heterocycles. The quantitative estimate of drug-likeness (QED) is 0.397. The first-order valence-corrected chi connectivity index (χ1v) is 10.1. The van der Waals surface area contributed by atoms with E-state index in [0.29, 0.717) is 23.3 Å². The largest absolute Gasteiger partial charge is 0.352 e. The molecule has 1 aromatic carbocycles. The predicted molar refractivity (Wildman–Crippen MR) is 117 cm³/mol. The molecule has 0 amide bonds. The monoisotopic (exact) mass is 494 g/mol. The van der Waals surface area contributed by atoms with Crippen LogP contribution in [-0.2, 0) is 16.6 Å². The number of nitrogens with one attached hydrogen (secondary N) is 1. The van der Waals surface area contributed by atoms with Crippen molar-refractivity contribution in [1.29, 1.82) is 0 Å². The average molecular weight is 494 g/mol. The molecule has 1 aliphatic rings. The van der Waals surface area contributed by atoms with Crippen molar-refractivity contribution in [2.45, 2.75) is 31.7 Å². The van der Waals surface area contributed by atoms with Crippen LogP contribution >= 0.6 is 24.0 Å². The molecule has 1 aliphatic heterocycles. The van der Waals surface area contributed by atoms with E-state index in [9.17, 15) is 8.42 Å². The Labute approximate surface area is 175 Å². The number of benzene rings is 1. The van der Waals surface area contributed by atoms with Crippen LogP contribution in [0.3, 0.4) is 0 Å². The second-order valence-electron chi connectivity index (χ2n) is 7.18. The van der Waals surface area contributed by atoms with Gasteiger partial charge in [0, 0.05) is 40.8 Å². The van der Waals surface area contributed by atoms with Crippen molar-refractivity contribution in [1.82, 2.24) is 14.5 Å². The highest BCUT2D eigenvalue weighted by Gasteiger charge is 2.24. The molecule has 8 heteroatoms. The minimum absolute atomic E-state index is 0. The summed E-state index contributed by atoms with van der Waals surface area (Å²) >= 11 is 0. The molecule has 0 saturated carbocycles. The summed E-state index contributed by atoms with van der Waals surface area (Å²) in [6.07, 6.45) is 1.26. The second kappa shape index (κ2) is 9.89. The van der Waals surface area contributed by atoms with Crippen LogP contribution in [0.25, 0.3) is 0 Å². The van der Waals surface area contributed by atoms with E-state index >= 15 is 0 Å². The van der Waals surface area contributed by atoms with E-state index in [1.54, 1.807) is 19.2 Å². The van der Waals surface area contributed by atoms with Crippen LogP contribution in [0.4, 0.5) is 0 Å². The fourth-order valence-corrected chi connectivity index (χ4v) is 4.24. The van der Waals surface area contributed by atoms with Crippen molar-refractivity contribution >= 4 is 40.0 Å². The molecule has 2 atom stereocenters. The topological polar surface area (TPSA) is 65.0 Å². The van der Waals surface area contributed by atoms with Crippen LogP contribution in [-0.4, -0.2) is 57.8 Å². The SMILES string of the molecule is CN=C(NCc1ccc(S(=O)(=O)N(C)C)cc1)N1CC(C)CC(C)C1.I. The summed E-state index contributed by atoms with van der Waals surface area (Å²) in [5.74, 6) is 2.24. The Morgan fingerprint density at radius 3 is 2.19 bits per heavy atom. The molecule has 2 unspecified atom stereocenters. The van der Waals surface area contributed by atoms with E-state index in [-0.39, 0.29) is 24.0 Å². The molecular formula is C18H31IN4O2S. The zero-order valence-corrected chi connectivity index (χ0v) is 19.4. The lowest BCUT2D eigenvalue weighted by Gasteiger charge is -2.37. The van der Waals surface area contributed by atoms with Crippen LogP contribution in [0, 0.1) is 11.8 Å². The van der Waals surface area contributed by atoms with Crippen LogP contribution in [0.1, 0.15) is 25.8 Å². The van der Waals surface area contributed by atoms with Gasteiger partial charge >= 0.3 is 0 Å². The van der Waals surface area contributed by atoms with Crippen molar-refractivity contribution in [2.24, 2.45) is 16.8 Å². The van der Waals surface area contributed by atoms with E-state index in [1.165, 1.54) is 24.8 Å². The van der Waals surface area contributed by atoms with Gasteiger partial charge in [-0.2, -0.15) is 0 Å². The summed E-state index contributed by atoms with van der Waals surface area (Å²) < 4.78 is 25.4. The van der Waals surface area contributed by atoms with Crippen molar-refractivity contribution in [2.75, 3.05) is 34.2 Å². The zero-order chi connectivity index (χ0) is 18.6. The molecule has 0 aliphatic carbocycles. The summed E-state index contributed by atoms with van der Waals surface area (Å²) in [5.41, 5.74) is 1.02. The molecule has 2 rings (SSSR count). The van der Waals surface area contributed by atoms with E-state index in [2.05, 4.69) is 29.1 Å². The molecule has 1 N–H and O–H groups in total. The molecular weight excluding hydrogens is 463 g/mol. The Bertz CT molecular complexity index is 694. The first-order chi connectivity index (χ1) is 11.7. The smallest absolute Gasteiger partial charge is 0.242 e. The van der Waals surface area contributed by atoms with Gasteiger partial charge in [0.05, 0.1) is 4.90 Å². The minimum Gasteiger partial charge on any atom is -0.352 e. The molecule has 148 valence electrons. The molecule has 1 saturated heterocycles. The number of likely N-dealkylation sites (tertiary alicyclic amines) is 1. The highest BCUT2D eigenvalue weighted by molar-refractivity contribution is 14.0.